The fourth-order valence-corrected chi connectivity index (χ4v) is 3.19. The van der Waals surface area contributed by atoms with Crippen LogP contribution in [0.15, 0.2) is 53.4 Å². The van der Waals surface area contributed by atoms with E-state index in [0.29, 0.717) is 18.5 Å². The van der Waals surface area contributed by atoms with Gasteiger partial charge in [0.25, 0.3) is 0 Å². The Hall–Kier alpha value is -1.69. The summed E-state index contributed by atoms with van der Waals surface area (Å²) in [5.41, 5.74) is 2.84. The summed E-state index contributed by atoms with van der Waals surface area (Å²) in [5.74, 6) is 0. The third-order valence-corrected chi connectivity index (χ3v) is 4.64. The predicted octanol–water partition coefficient (Wildman–Crippen LogP) is 2.01. The van der Waals surface area contributed by atoms with Gasteiger partial charge in [0.2, 0.25) is 10.0 Å². The van der Waals surface area contributed by atoms with Crippen LogP contribution in [0.5, 0.6) is 0 Å². The van der Waals surface area contributed by atoms with Crippen LogP contribution in [0.3, 0.4) is 0 Å². The molecule has 0 bridgehead atoms. The zero-order valence-electron chi connectivity index (χ0n) is 11.9. The number of hydrogen-bond donors (Lipinski definition) is 2. The molecule has 0 atom stereocenters. The lowest BCUT2D eigenvalue weighted by Crippen LogP contribution is -2.26. The number of rotatable bonds is 6. The Morgan fingerprint density at radius 2 is 1.76 bits per heavy atom. The molecule has 0 unspecified atom stereocenters. The summed E-state index contributed by atoms with van der Waals surface area (Å²) < 4.78 is 26.9. The van der Waals surface area contributed by atoms with Gasteiger partial charge in [-0.1, -0.05) is 42.0 Å². The number of benzene rings is 2. The van der Waals surface area contributed by atoms with Crippen molar-refractivity contribution in [2.75, 3.05) is 6.54 Å². The molecule has 0 aliphatic heterocycles. The van der Waals surface area contributed by atoms with E-state index in [-0.39, 0.29) is 11.5 Å². The second kappa shape index (κ2) is 6.85. The zero-order valence-corrected chi connectivity index (χ0v) is 12.7. The molecule has 0 aliphatic carbocycles. The zero-order chi connectivity index (χ0) is 15.3. The molecule has 0 aliphatic rings. The van der Waals surface area contributed by atoms with Crippen LogP contribution in [0.4, 0.5) is 0 Å². The minimum atomic E-state index is -3.53. The fraction of sp³-hybridized carbons (Fsp3) is 0.250. The van der Waals surface area contributed by atoms with Crippen molar-refractivity contribution in [3.8, 4) is 0 Å². The van der Waals surface area contributed by atoms with Crippen LogP contribution in [-0.4, -0.2) is 20.1 Å². The van der Waals surface area contributed by atoms with Gasteiger partial charge in [0.05, 0.1) is 11.5 Å². The van der Waals surface area contributed by atoms with Gasteiger partial charge in [0.1, 0.15) is 0 Å². The van der Waals surface area contributed by atoms with Crippen molar-refractivity contribution in [2.45, 2.75) is 24.8 Å². The van der Waals surface area contributed by atoms with Crippen molar-refractivity contribution in [3.63, 3.8) is 0 Å². The highest BCUT2D eigenvalue weighted by atomic mass is 32.2. The maximum Gasteiger partial charge on any atom is 0.240 e. The molecule has 0 aromatic heterocycles. The molecule has 2 rings (SSSR count). The maximum atomic E-state index is 12.2. The summed E-state index contributed by atoms with van der Waals surface area (Å²) in [5, 5.41) is 9.06. The minimum absolute atomic E-state index is 0.174. The van der Waals surface area contributed by atoms with Crippen LogP contribution in [0.2, 0.25) is 0 Å². The molecule has 5 heteroatoms. The number of nitrogens with one attached hydrogen (secondary N) is 1. The molecule has 2 N–H and O–H groups in total. The summed E-state index contributed by atoms with van der Waals surface area (Å²) >= 11 is 0. The van der Waals surface area contributed by atoms with Crippen LogP contribution < -0.4 is 4.72 Å². The van der Waals surface area contributed by atoms with Gasteiger partial charge in [0, 0.05) is 6.54 Å². The third-order valence-electron chi connectivity index (χ3n) is 3.18. The van der Waals surface area contributed by atoms with E-state index < -0.39 is 10.0 Å². The standard InChI is InChI=1S/C16H19NO3S/c1-13-4-2-5-14(10-13)8-9-17-21(19,20)16-7-3-6-15(11-16)12-18/h2-7,10-11,17-18H,8-9,12H2,1H3. The van der Waals surface area contributed by atoms with Gasteiger partial charge in [-0.3, -0.25) is 0 Å². The first-order chi connectivity index (χ1) is 10.0. The van der Waals surface area contributed by atoms with Gasteiger partial charge in [-0.25, -0.2) is 13.1 Å². The predicted molar refractivity (Wildman–Crippen MR) is 82.4 cm³/mol. The monoisotopic (exact) mass is 305 g/mol. The Balaban J connectivity index is 2.01. The lowest BCUT2D eigenvalue weighted by atomic mass is 10.1. The lowest BCUT2D eigenvalue weighted by Gasteiger charge is -2.08. The van der Waals surface area contributed by atoms with Gasteiger partial charge >= 0.3 is 0 Å². The Labute approximate surface area is 125 Å². The largest absolute Gasteiger partial charge is 0.392 e. The van der Waals surface area contributed by atoms with E-state index in [1.165, 1.54) is 12.1 Å². The summed E-state index contributed by atoms with van der Waals surface area (Å²) in [6.07, 6.45) is 0.639. The maximum absolute atomic E-state index is 12.2. The first-order valence-electron chi connectivity index (χ1n) is 6.76. The molecule has 112 valence electrons. The van der Waals surface area contributed by atoms with E-state index in [4.69, 9.17) is 5.11 Å². The molecule has 0 saturated carbocycles. The third kappa shape index (κ3) is 4.39. The van der Waals surface area contributed by atoms with Crippen LogP contribution in [0, 0.1) is 6.92 Å². The number of hydrogen-bond acceptors (Lipinski definition) is 3. The van der Waals surface area contributed by atoms with Crippen molar-refractivity contribution in [1.82, 2.24) is 4.72 Å². The van der Waals surface area contributed by atoms with E-state index >= 15 is 0 Å². The minimum Gasteiger partial charge on any atom is -0.392 e. The number of sulfonamides is 1. The average molecular weight is 305 g/mol. The van der Waals surface area contributed by atoms with Crippen LogP contribution in [0.1, 0.15) is 16.7 Å². The Morgan fingerprint density at radius 3 is 2.48 bits per heavy atom. The number of aliphatic hydroxyl groups is 1. The second-order valence-corrected chi connectivity index (χ2v) is 6.71. The molecule has 0 saturated heterocycles. The first kappa shape index (κ1) is 15.7. The SMILES string of the molecule is Cc1cccc(CCNS(=O)(=O)c2cccc(CO)c2)c1. The molecule has 0 spiro atoms. The van der Waals surface area contributed by atoms with Crippen molar-refractivity contribution < 1.29 is 13.5 Å². The Morgan fingerprint density at radius 1 is 1.05 bits per heavy atom. The highest BCUT2D eigenvalue weighted by Crippen LogP contribution is 2.11. The van der Waals surface area contributed by atoms with Gasteiger partial charge < -0.3 is 5.11 Å². The molecular formula is C16H19NO3S. The lowest BCUT2D eigenvalue weighted by molar-refractivity contribution is 0.281. The fourth-order valence-electron chi connectivity index (χ4n) is 2.09. The Bertz CT molecular complexity index is 711. The molecule has 4 nitrogen and oxygen atoms in total. The van der Waals surface area contributed by atoms with E-state index in [1.54, 1.807) is 12.1 Å². The van der Waals surface area contributed by atoms with Crippen molar-refractivity contribution in [1.29, 1.82) is 0 Å². The molecular weight excluding hydrogens is 286 g/mol. The van der Waals surface area contributed by atoms with Crippen LogP contribution in [-0.2, 0) is 23.1 Å². The van der Waals surface area contributed by atoms with E-state index in [9.17, 15) is 8.42 Å². The van der Waals surface area contributed by atoms with Gasteiger partial charge in [-0.15, -0.1) is 0 Å². The van der Waals surface area contributed by atoms with Crippen molar-refractivity contribution >= 4 is 10.0 Å². The highest BCUT2D eigenvalue weighted by molar-refractivity contribution is 7.89. The molecule has 2 aromatic rings. The number of aliphatic hydroxyl groups excluding tert-OH is 1. The van der Waals surface area contributed by atoms with E-state index in [1.807, 2.05) is 31.2 Å². The van der Waals surface area contributed by atoms with Gasteiger partial charge in [-0.2, -0.15) is 0 Å². The van der Waals surface area contributed by atoms with E-state index in [2.05, 4.69) is 4.72 Å². The van der Waals surface area contributed by atoms with Crippen LogP contribution in [0.25, 0.3) is 0 Å². The summed E-state index contributed by atoms with van der Waals surface area (Å²) in [4.78, 5) is 0.179. The molecule has 2 aromatic carbocycles. The summed E-state index contributed by atoms with van der Waals surface area (Å²) in [6, 6.07) is 14.3. The highest BCUT2D eigenvalue weighted by Gasteiger charge is 2.13. The average Bonchev–Trinajstić information content (AvgIpc) is 2.47. The molecule has 21 heavy (non-hydrogen) atoms. The second-order valence-electron chi connectivity index (χ2n) is 4.94. The van der Waals surface area contributed by atoms with Gasteiger partial charge in [-0.05, 0) is 36.6 Å². The first-order valence-corrected chi connectivity index (χ1v) is 8.24. The Kier molecular flexibility index (Phi) is 5.12. The summed E-state index contributed by atoms with van der Waals surface area (Å²) in [7, 11) is -3.53. The van der Waals surface area contributed by atoms with Crippen molar-refractivity contribution in [3.05, 3.63) is 65.2 Å². The summed E-state index contributed by atoms with van der Waals surface area (Å²) in [6.45, 7) is 2.18. The number of aryl methyl sites for hydroxylation is 1. The van der Waals surface area contributed by atoms with Crippen molar-refractivity contribution in [2.24, 2.45) is 0 Å². The van der Waals surface area contributed by atoms with Crippen LogP contribution >= 0.6 is 0 Å². The molecule has 0 radical (unpaired) electrons. The topological polar surface area (TPSA) is 66.4 Å². The van der Waals surface area contributed by atoms with E-state index in [0.717, 1.165) is 11.1 Å². The smallest absolute Gasteiger partial charge is 0.240 e. The quantitative estimate of drug-likeness (QED) is 0.858. The molecule has 0 fully saturated rings. The normalized spacial score (nSPS) is 11.5. The molecule has 0 heterocycles. The molecule has 0 amide bonds. The van der Waals surface area contributed by atoms with Gasteiger partial charge in [0.15, 0.2) is 0 Å².